The number of nitrogens with one attached hydrogen (secondary N) is 1. The summed E-state index contributed by atoms with van der Waals surface area (Å²) in [5.74, 6) is -1.24. The van der Waals surface area contributed by atoms with Gasteiger partial charge in [-0.15, -0.1) is 0 Å². The fraction of sp³-hybridized carbons (Fsp3) is 0.280. The highest BCUT2D eigenvalue weighted by molar-refractivity contribution is 5.94. The van der Waals surface area contributed by atoms with Crippen LogP contribution in [0.3, 0.4) is 0 Å². The second-order valence-corrected chi connectivity index (χ2v) is 8.36. The van der Waals surface area contributed by atoms with E-state index in [4.69, 9.17) is 0 Å². The average Bonchev–Trinajstić information content (AvgIpc) is 2.78. The van der Waals surface area contributed by atoms with E-state index in [1.807, 2.05) is 30.3 Å². The lowest BCUT2D eigenvalue weighted by Crippen LogP contribution is -2.62. The van der Waals surface area contributed by atoms with Gasteiger partial charge < -0.3 is 10.4 Å². The van der Waals surface area contributed by atoms with Gasteiger partial charge in [0.15, 0.2) is 0 Å². The molecule has 1 aromatic heterocycles. The second-order valence-electron chi connectivity index (χ2n) is 8.36. The van der Waals surface area contributed by atoms with Crippen LogP contribution in [-0.4, -0.2) is 39.1 Å². The number of carbonyl (C=O) groups excluding carboxylic acids is 1. The normalized spacial score (nSPS) is 23.6. The molecule has 0 aliphatic carbocycles. The molecule has 7 heteroatoms. The van der Waals surface area contributed by atoms with Gasteiger partial charge in [-0.25, -0.2) is 8.78 Å². The molecule has 0 spiro atoms. The minimum Gasteiger partial charge on any atom is -0.388 e. The van der Waals surface area contributed by atoms with Gasteiger partial charge in [-0.2, -0.15) is 0 Å². The summed E-state index contributed by atoms with van der Waals surface area (Å²) in [5.41, 5.74) is 0.479. The maximum absolute atomic E-state index is 14.3. The standard InChI is InChI=1S/C25H25F2N3O2/c1-25(32)12-14-30(16-19-11-13-28-15-21(19)27)22(17-5-3-2-4-6-17)23(25)29-24(31)18-7-9-20(26)10-8-18/h2-11,13,15,22-23,32H,12,14,16H2,1H3,(H,29,31). The smallest absolute Gasteiger partial charge is 0.251 e. The van der Waals surface area contributed by atoms with E-state index in [1.165, 1.54) is 30.5 Å². The van der Waals surface area contributed by atoms with Gasteiger partial charge in [0.25, 0.3) is 5.91 Å². The van der Waals surface area contributed by atoms with E-state index in [1.54, 1.807) is 19.2 Å². The van der Waals surface area contributed by atoms with Crippen LogP contribution >= 0.6 is 0 Å². The quantitative estimate of drug-likeness (QED) is 0.636. The summed E-state index contributed by atoms with van der Waals surface area (Å²) in [6, 6.07) is 15.3. The Morgan fingerprint density at radius 2 is 1.88 bits per heavy atom. The van der Waals surface area contributed by atoms with Gasteiger partial charge in [-0.1, -0.05) is 30.3 Å². The summed E-state index contributed by atoms with van der Waals surface area (Å²) in [7, 11) is 0. The summed E-state index contributed by atoms with van der Waals surface area (Å²) in [4.78, 5) is 18.8. The molecule has 1 amide bonds. The summed E-state index contributed by atoms with van der Waals surface area (Å²) in [6.45, 7) is 2.51. The number of likely N-dealkylation sites (tertiary alicyclic amines) is 1. The van der Waals surface area contributed by atoms with E-state index in [0.29, 0.717) is 30.6 Å². The monoisotopic (exact) mass is 437 g/mol. The number of nitrogens with zero attached hydrogens (tertiary/aromatic N) is 2. The van der Waals surface area contributed by atoms with Crippen LogP contribution in [0.2, 0.25) is 0 Å². The van der Waals surface area contributed by atoms with Crippen LogP contribution in [-0.2, 0) is 6.54 Å². The molecule has 1 fully saturated rings. The zero-order chi connectivity index (χ0) is 22.7. The van der Waals surface area contributed by atoms with Crippen molar-refractivity contribution in [2.75, 3.05) is 6.54 Å². The fourth-order valence-electron chi connectivity index (χ4n) is 4.26. The van der Waals surface area contributed by atoms with Crippen molar-refractivity contribution in [2.24, 2.45) is 0 Å². The molecule has 1 aliphatic rings. The van der Waals surface area contributed by atoms with Gasteiger partial charge in [0.05, 0.1) is 23.9 Å². The maximum atomic E-state index is 14.3. The fourth-order valence-corrected chi connectivity index (χ4v) is 4.26. The van der Waals surface area contributed by atoms with Crippen LogP contribution in [0.1, 0.15) is 40.9 Å². The molecule has 3 unspecified atom stereocenters. The second kappa shape index (κ2) is 9.14. The molecule has 1 aliphatic heterocycles. The van der Waals surface area contributed by atoms with Crippen molar-refractivity contribution in [1.82, 2.24) is 15.2 Å². The molecule has 3 aromatic rings. The SMILES string of the molecule is CC1(O)CCN(Cc2ccncc2F)C(c2ccccc2)C1NC(=O)c1ccc(F)cc1. The first-order chi connectivity index (χ1) is 15.3. The molecule has 0 radical (unpaired) electrons. The van der Waals surface area contributed by atoms with Crippen LogP contribution in [0.15, 0.2) is 73.1 Å². The third-order valence-corrected chi connectivity index (χ3v) is 6.05. The van der Waals surface area contributed by atoms with Crippen LogP contribution in [0, 0.1) is 11.6 Å². The van der Waals surface area contributed by atoms with E-state index in [9.17, 15) is 18.7 Å². The molecule has 2 aromatic carbocycles. The van der Waals surface area contributed by atoms with E-state index >= 15 is 0 Å². The van der Waals surface area contributed by atoms with Crippen molar-refractivity contribution in [3.63, 3.8) is 0 Å². The third-order valence-electron chi connectivity index (χ3n) is 6.05. The van der Waals surface area contributed by atoms with E-state index in [2.05, 4.69) is 15.2 Å². The molecule has 4 rings (SSSR count). The lowest BCUT2D eigenvalue weighted by Gasteiger charge is -2.49. The maximum Gasteiger partial charge on any atom is 0.251 e. The van der Waals surface area contributed by atoms with Gasteiger partial charge in [-0.3, -0.25) is 14.7 Å². The van der Waals surface area contributed by atoms with Crippen molar-refractivity contribution in [1.29, 1.82) is 0 Å². The van der Waals surface area contributed by atoms with Crippen LogP contribution < -0.4 is 5.32 Å². The van der Waals surface area contributed by atoms with Gasteiger partial charge in [0.2, 0.25) is 0 Å². The Labute approximate surface area is 185 Å². The number of aliphatic hydroxyl groups is 1. The Hall–Kier alpha value is -3.16. The Bertz CT molecular complexity index is 1070. The minimum absolute atomic E-state index is 0.298. The highest BCUT2D eigenvalue weighted by atomic mass is 19.1. The Morgan fingerprint density at radius 1 is 1.16 bits per heavy atom. The first-order valence-corrected chi connectivity index (χ1v) is 10.5. The number of benzene rings is 2. The number of carbonyl (C=O) groups is 1. The lowest BCUT2D eigenvalue weighted by molar-refractivity contribution is -0.0667. The van der Waals surface area contributed by atoms with Crippen molar-refractivity contribution >= 4 is 5.91 Å². The summed E-state index contributed by atoms with van der Waals surface area (Å²) >= 11 is 0. The molecule has 3 atom stereocenters. The van der Waals surface area contributed by atoms with E-state index in [0.717, 1.165) is 5.56 Å². The van der Waals surface area contributed by atoms with Crippen molar-refractivity contribution in [3.8, 4) is 0 Å². The van der Waals surface area contributed by atoms with Gasteiger partial charge in [0.1, 0.15) is 11.6 Å². The highest BCUT2D eigenvalue weighted by Crippen LogP contribution is 2.38. The molecule has 0 bridgehead atoms. The van der Waals surface area contributed by atoms with Crippen LogP contribution in [0.5, 0.6) is 0 Å². The topological polar surface area (TPSA) is 65.5 Å². The van der Waals surface area contributed by atoms with E-state index < -0.39 is 35.2 Å². The van der Waals surface area contributed by atoms with Crippen molar-refractivity contribution < 1.29 is 18.7 Å². The molecule has 32 heavy (non-hydrogen) atoms. The molecule has 2 N–H and O–H groups in total. The molecule has 2 heterocycles. The number of hydrogen-bond donors (Lipinski definition) is 2. The zero-order valence-electron chi connectivity index (χ0n) is 17.7. The average molecular weight is 437 g/mol. The summed E-state index contributed by atoms with van der Waals surface area (Å²) in [5, 5.41) is 14.2. The Morgan fingerprint density at radius 3 is 2.56 bits per heavy atom. The Kier molecular flexibility index (Phi) is 6.30. The molecule has 1 saturated heterocycles. The molecule has 166 valence electrons. The van der Waals surface area contributed by atoms with Gasteiger partial charge in [0, 0.05) is 30.4 Å². The van der Waals surface area contributed by atoms with Crippen LogP contribution in [0.25, 0.3) is 0 Å². The number of halogens is 2. The predicted octanol–water partition coefficient (Wildman–Crippen LogP) is 3.86. The van der Waals surface area contributed by atoms with E-state index in [-0.39, 0.29) is 0 Å². The van der Waals surface area contributed by atoms with Gasteiger partial charge >= 0.3 is 0 Å². The molecular formula is C25H25F2N3O2. The predicted molar refractivity (Wildman–Crippen MR) is 117 cm³/mol. The number of amides is 1. The van der Waals surface area contributed by atoms with Crippen LogP contribution in [0.4, 0.5) is 8.78 Å². The summed E-state index contributed by atoms with van der Waals surface area (Å²) < 4.78 is 27.6. The van der Waals surface area contributed by atoms with Crippen molar-refractivity contribution in [2.45, 2.75) is 37.6 Å². The third kappa shape index (κ3) is 4.69. The molecular weight excluding hydrogens is 412 g/mol. The Balaban J connectivity index is 1.69. The highest BCUT2D eigenvalue weighted by Gasteiger charge is 2.46. The molecule has 0 saturated carbocycles. The first kappa shape index (κ1) is 22.0. The number of piperidine rings is 1. The number of aromatic nitrogens is 1. The lowest BCUT2D eigenvalue weighted by atomic mass is 9.79. The minimum atomic E-state index is -1.20. The number of hydrogen-bond acceptors (Lipinski definition) is 4. The molecule has 5 nitrogen and oxygen atoms in total. The summed E-state index contributed by atoms with van der Waals surface area (Å²) in [6.07, 6.45) is 3.11. The number of rotatable bonds is 5. The number of pyridine rings is 1. The van der Waals surface area contributed by atoms with Gasteiger partial charge in [-0.05, 0) is 49.2 Å². The first-order valence-electron chi connectivity index (χ1n) is 10.5. The largest absolute Gasteiger partial charge is 0.388 e. The zero-order valence-corrected chi connectivity index (χ0v) is 17.7. The van der Waals surface area contributed by atoms with Crippen molar-refractivity contribution in [3.05, 3.63) is 101 Å².